The van der Waals surface area contributed by atoms with Crippen LogP contribution in [0.4, 0.5) is 0 Å². The normalized spacial score (nSPS) is 28.0. The first-order chi connectivity index (χ1) is 10.8. The fourth-order valence-corrected chi connectivity index (χ4v) is 4.88. The van der Waals surface area contributed by atoms with Crippen LogP contribution in [0.2, 0.25) is 0 Å². The van der Waals surface area contributed by atoms with E-state index in [1.807, 2.05) is 26.8 Å². The fourth-order valence-electron chi connectivity index (χ4n) is 3.73. The molecule has 0 bridgehead atoms. The highest BCUT2D eigenvalue weighted by atomic mass is 32.1. The standard InChI is InChI=1S/C17H23NO4S/c1-4-22-13-9-17(15(20)21,16(13,2)3)18-14(19)12-8-10-6-5-7-11(10)23-12/h8,13H,4-7,9H2,1-3H3,(H,18,19)(H,20,21). The summed E-state index contributed by atoms with van der Waals surface area (Å²) in [5.41, 5.74) is -0.673. The van der Waals surface area contributed by atoms with Gasteiger partial charge < -0.3 is 15.2 Å². The van der Waals surface area contributed by atoms with Crippen molar-refractivity contribution in [2.45, 2.75) is 58.1 Å². The van der Waals surface area contributed by atoms with Gasteiger partial charge in [0.25, 0.3) is 5.91 Å². The summed E-state index contributed by atoms with van der Waals surface area (Å²) in [6, 6.07) is 1.92. The quantitative estimate of drug-likeness (QED) is 0.866. The van der Waals surface area contributed by atoms with E-state index in [0.29, 0.717) is 17.9 Å². The predicted molar refractivity (Wildman–Crippen MR) is 88.0 cm³/mol. The van der Waals surface area contributed by atoms with Gasteiger partial charge in [-0.1, -0.05) is 13.8 Å². The van der Waals surface area contributed by atoms with Crippen LogP contribution >= 0.6 is 11.3 Å². The van der Waals surface area contributed by atoms with Crippen LogP contribution in [0.25, 0.3) is 0 Å². The summed E-state index contributed by atoms with van der Waals surface area (Å²) < 4.78 is 5.62. The Balaban J connectivity index is 1.80. The predicted octanol–water partition coefficient (Wildman–Crippen LogP) is 2.63. The smallest absolute Gasteiger partial charge is 0.330 e. The van der Waals surface area contributed by atoms with Crippen molar-refractivity contribution in [1.82, 2.24) is 5.32 Å². The van der Waals surface area contributed by atoms with E-state index >= 15 is 0 Å². The molecule has 2 unspecified atom stereocenters. The van der Waals surface area contributed by atoms with Gasteiger partial charge in [-0.05, 0) is 37.8 Å². The maximum Gasteiger partial charge on any atom is 0.330 e. The van der Waals surface area contributed by atoms with Crippen LogP contribution in [-0.4, -0.2) is 35.2 Å². The average Bonchev–Trinajstić information content (AvgIpc) is 3.06. The molecule has 0 aromatic carbocycles. The Labute approximate surface area is 140 Å². The van der Waals surface area contributed by atoms with Crippen LogP contribution in [0, 0.1) is 5.41 Å². The number of carboxylic acid groups (broad SMARTS) is 1. The van der Waals surface area contributed by atoms with E-state index in [1.165, 1.54) is 21.8 Å². The Kier molecular flexibility index (Phi) is 4.01. The Hall–Kier alpha value is -1.40. The molecule has 1 fully saturated rings. The van der Waals surface area contributed by atoms with Crippen molar-refractivity contribution in [3.8, 4) is 0 Å². The molecule has 0 radical (unpaired) electrons. The van der Waals surface area contributed by atoms with E-state index in [9.17, 15) is 14.7 Å². The van der Waals surface area contributed by atoms with Crippen LogP contribution in [-0.2, 0) is 22.4 Å². The molecule has 2 aliphatic carbocycles. The number of fused-ring (bicyclic) bond motifs is 1. The zero-order chi connectivity index (χ0) is 16.8. The number of hydrogen-bond acceptors (Lipinski definition) is 4. The van der Waals surface area contributed by atoms with E-state index in [2.05, 4.69) is 5.32 Å². The van der Waals surface area contributed by atoms with Gasteiger partial charge in [-0.25, -0.2) is 4.79 Å². The van der Waals surface area contributed by atoms with Gasteiger partial charge in [-0.3, -0.25) is 4.79 Å². The number of carbonyl (C=O) groups is 2. The molecule has 126 valence electrons. The summed E-state index contributed by atoms with van der Waals surface area (Å²) in [6.45, 7) is 6.12. The van der Waals surface area contributed by atoms with Crippen LogP contribution in [0.5, 0.6) is 0 Å². The Morgan fingerprint density at radius 1 is 1.43 bits per heavy atom. The number of rotatable bonds is 5. The molecule has 5 nitrogen and oxygen atoms in total. The van der Waals surface area contributed by atoms with Crippen LogP contribution in [0.3, 0.4) is 0 Å². The summed E-state index contributed by atoms with van der Waals surface area (Å²) >= 11 is 1.49. The van der Waals surface area contributed by atoms with E-state index in [0.717, 1.165) is 19.3 Å². The van der Waals surface area contributed by atoms with Crippen molar-refractivity contribution in [3.05, 3.63) is 21.4 Å². The highest BCUT2D eigenvalue weighted by molar-refractivity contribution is 7.14. The van der Waals surface area contributed by atoms with Crippen molar-refractivity contribution in [2.75, 3.05) is 6.61 Å². The van der Waals surface area contributed by atoms with E-state index in [1.54, 1.807) is 0 Å². The van der Waals surface area contributed by atoms with Crippen LogP contribution in [0.1, 0.15) is 53.7 Å². The first kappa shape index (κ1) is 16.5. The fraction of sp³-hybridized carbons (Fsp3) is 0.647. The summed E-state index contributed by atoms with van der Waals surface area (Å²) in [5, 5.41) is 12.6. The SMILES string of the molecule is CCOC1CC(NC(=O)c2cc3c(s2)CCC3)(C(=O)O)C1(C)C. The highest BCUT2D eigenvalue weighted by Crippen LogP contribution is 2.51. The van der Waals surface area contributed by atoms with Gasteiger partial charge in [-0.2, -0.15) is 0 Å². The number of amides is 1. The molecule has 1 saturated carbocycles. The molecule has 2 aliphatic rings. The molecular weight excluding hydrogens is 314 g/mol. The first-order valence-electron chi connectivity index (χ1n) is 8.11. The molecule has 2 atom stereocenters. The molecule has 6 heteroatoms. The van der Waals surface area contributed by atoms with Gasteiger partial charge in [0.1, 0.15) is 5.54 Å². The molecule has 1 amide bonds. The summed E-state index contributed by atoms with van der Waals surface area (Å²) in [4.78, 5) is 26.4. The number of nitrogens with one attached hydrogen (secondary N) is 1. The highest BCUT2D eigenvalue weighted by Gasteiger charge is 2.66. The topological polar surface area (TPSA) is 75.6 Å². The summed E-state index contributed by atoms with van der Waals surface area (Å²) in [5.74, 6) is -1.27. The molecule has 1 aromatic heterocycles. The first-order valence-corrected chi connectivity index (χ1v) is 8.92. The van der Waals surface area contributed by atoms with Crippen LogP contribution < -0.4 is 5.32 Å². The molecule has 2 N–H and O–H groups in total. The zero-order valence-corrected chi connectivity index (χ0v) is 14.6. The Bertz CT molecular complexity index is 630. The lowest BCUT2D eigenvalue weighted by Crippen LogP contribution is -2.76. The lowest BCUT2D eigenvalue weighted by atomic mass is 9.54. The second-order valence-corrected chi connectivity index (χ2v) is 8.08. The number of aryl methyl sites for hydroxylation is 2. The molecule has 0 saturated heterocycles. The Morgan fingerprint density at radius 3 is 2.74 bits per heavy atom. The third-order valence-corrected chi connectivity index (χ3v) is 6.66. The number of carboxylic acids is 1. The Morgan fingerprint density at radius 2 is 2.17 bits per heavy atom. The largest absolute Gasteiger partial charge is 0.479 e. The van der Waals surface area contributed by atoms with Gasteiger partial charge in [0.2, 0.25) is 0 Å². The second kappa shape index (κ2) is 5.60. The molecule has 1 aromatic rings. The molecule has 23 heavy (non-hydrogen) atoms. The molecular formula is C17H23NO4S. The van der Waals surface area contributed by atoms with Gasteiger partial charge >= 0.3 is 5.97 Å². The maximum absolute atomic E-state index is 12.6. The van der Waals surface area contributed by atoms with Crippen molar-refractivity contribution in [1.29, 1.82) is 0 Å². The van der Waals surface area contributed by atoms with Crippen molar-refractivity contribution >= 4 is 23.2 Å². The average molecular weight is 337 g/mol. The number of aliphatic carboxylic acids is 1. The number of thiophene rings is 1. The maximum atomic E-state index is 12.6. The lowest BCUT2D eigenvalue weighted by Gasteiger charge is -2.58. The van der Waals surface area contributed by atoms with Crippen molar-refractivity contribution in [3.63, 3.8) is 0 Å². The van der Waals surface area contributed by atoms with Gasteiger partial charge in [0, 0.05) is 23.3 Å². The van der Waals surface area contributed by atoms with E-state index in [4.69, 9.17) is 4.74 Å². The van der Waals surface area contributed by atoms with Crippen LogP contribution in [0.15, 0.2) is 6.07 Å². The minimum absolute atomic E-state index is 0.155. The third-order valence-electron chi connectivity index (χ3n) is 5.43. The second-order valence-electron chi connectivity index (χ2n) is 6.95. The van der Waals surface area contributed by atoms with E-state index in [-0.39, 0.29) is 12.0 Å². The monoisotopic (exact) mass is 337 g/mol. The number of hydrogen-bond donors (Lipinski definition) is 2. The van der Waals surface area contributed by atoms with Gasteiger partial charge in [-0.15, -0.1) is 11.3 Å². The zero-order valence-electron chi connectivity index (χ0n) is 13.8. The lowest BCUT2D eigenvalue weighted by molar-refractivity contribution is -0.190. The van der Waals surface area contributed by atoms with Crippen molar-refractivity contribution < 1.29 is 19.4 Å². The molecule has 1 heterocycles. The number of carbonyl (C=O) groups excluding carboxylic acids is 1. The minimum Gasteiger partial charge on any atom is -0.479 e. The number of ether oxygens (including phenoxy) is 1. The third kappa shape index (κ3) is 2.39. The van der Waals surface area contributed by atoms with Gasteiger partial charge in [0.05, 0.1) is 11.0 Å². The summed E-state index contributed by atoms with van der Waals surface area (Å²) in [6.07, 6.45) is 3.33. The molecule has 0 spiro atoms. The molecule has 3 rings (SSSR count). The summed E-state index contributed by atoms with van der Waals surface area (Å²) in [7, 11) is 0. The minimum atomic E-state index is -1.27. The molecule has 0 aliphatic heterocycles. The van der Waals surface area contributed by atoms with Crippen molar-refractivity contribution in [2.24, 2.45) is 5.41 Å². The van der Waals surface area contributed by atoms with Gasteiger partial charge in [0.15, 0.2) is 0 Å². The van der Waals surface area contributed by atoms with E-state index < -0.39 is 16.9 Å².